The molecule has 1 heterocycles. The third-order valence-electron chi connectivity index (χ3n) is 4.39. The number of aromatic nitrogens is 3. The summed E-state index contributed by atoms with van der Waals surface area (Å²) in [6, 6.07) is 0. The summed E-state index contributed by atoms with van der Waals surface area (Å²) in [6.45, 7) is 6.25. The maximum absolute atomic E-state index is 4.49. The molecule has 1 aromatic rings. The highest BCUT2D eigenvalue weighted by molar-refractivity contribution is 5.05. The van der Waals surface area contributed by atoms with Crippen molar-refractivity contribution in [2.24, 2.45) is 0 Å². The minimum absolute atomic E-state index is 0.912. The van der Waals surface area contributed by atoms with Crippen molar-refractivity contribution in [1.29, 1.82) is 0 Å². The van der Waals surface area contributed by atoms with Crippen LogP contribution in [0.1, 0.15) is 101 Å². The van der Waals surface area contributed by atoms with Gasteiger partial charge in [-0.15, -0.1) is 5.10 Å². The zero-order chi connectivity index (χ0) is 16.0. The Morgan fingerprint density at radius 2 is 1.09 bits per heavy atom. The van der Waals surface area contributed by atoms with Crippen LogP contribution in [0.3, 0.4) is 0 Å². The molecule has 0 saturated carbocycles. The number of rotatable bonds is 13. The zero-order valence-corrected chi connectivity index (χ0v) is 15.0. The fraction of sp³-hybridized carbons (Fsp3) is 0.842. The van der Waals surface area contributed by atoms with Gasteiger partial charge in [-0.1, -0.05) is 77.6 Å². The lowest BCUT2D eigenvalue weighted by atomic mass is 10.0. The summed E-state index contributed by atoms with van der Waals surface area (Å²) in [5.74, 6) is 0.912. The summed E-state index contributed by atoms with van der Waals surface area (Å²) in [5.41, 5.74) is 1.96. The highest BCUT2D eigenvalue weighted by atomic mass is 15.2. The normalized spacial score (nSPS) is 11.0. The average Bonchev–Trinajstić information content (AvgIpc) is 2.52. The molecule has 22 heavy (non-hydrogen) atoms. The summed E-state index contributed by atoms with van der Waals surface area (Å²) in [6.07, 6.45) is 17.6. The summed E-state index contributed by atoms with van der Waals surface area (Å²) >= 11 is 0. The Balaban J connectivity index is 1.88. The minimum Gasteiger partial charge on any atom is -0.234 e. The van der Waals surface area contributed by atoms with Gasteiger partial charge in [-0.05, 0) is 20.3 Å². The summed E-state index contributed by atoms with van der Waals surface area (Å²) in [7, 11) is 0. The van der Waals surface area contributed by atoms with Crippen LogP contribution >= 0.6 is 0 Å². The lowest BCUT2D eigenvalue weighted by Gasteiger charge is -2.03. The van der Waals surface area contributed by atoms with Gasteiger partial charge in [0.1, 0.15) is 0 Å². The topological polar surface area (TPSA) is 38.7 Å². The molecule has 0 aliphatic rings. The summed E-state index contributed by atoms with van der Waals surface area (Å²) in [5, 5.41) is 8.31. The van der Waals surface area contributed by atoms with E-state index < -0.39 is 0 Å². The van der Waals surface area contributed by atoms with Gasteiger partial charge in [0.05, 0.1) is 11.4 Å². The van der Waals surface area contributed by atoms with Gasteiger partial charge in [0.25, 0.3) is 0 Å². The SMILES string of the molecule is CCCCCCCCCCCCCCc1nnc(C)c(C)n1. The zero-order valence-electron chi connectivity index (χ0n) is 15.0. The lowest BCUT2D eigenvalue weighted by molar-refractivity contribution is 0.541. The number of hydrogen-bond donors (Lipinski definition) is 0. The Morgan fingerprint density at radius 3 is 1.59 bits per heavy atom. The molecule has 1 aromatic heterocycles. The van der Waals surface area contributed by atoms with E-state index in [-0.39, 0.29) is 0 Å². The van der Waals surface area contributed by atoms with E-state index in [9.17, 15) is 0 Å². The van der Waals surface area contributed by atoms with Gasteiger partial charge in [0.15, 0.2) is 5.82 Å². The average molecular weight is 306 g/mol. The van der Waals surface area contributed by atoms with E-state index in [2.05, 4.69) is 22.1 Å². The Morgan fingerprint density at radius 1 is 0.591 bits per heavy atom. The quantitative estimate of drug-likeness (QED) is 0.437. The fourth-order valence-corrected chi connectivity index (χ4v) is 2.73. The molecule has 0 aliphatic carbocycles. The predicted molar refractivity (Wildman–Crippen MR) is 94.1 cm³/mol. The molecule has 3 heteroatoms. The largest absolute Gasteiger partial charge is 0.234 e. The third-order valence-corrected chi connectivity index (χ3v) is 4.39. The second-order valence-corrected chi connectivity index (χ2v) is 6.54. The van der Waals surface area contributed by atoms with E-state index in [0.717, 1.165) is 23.6 Å². The third kappa shape index (κ3) is 9.11. The molecule has 0 aromatic carbocycles. The fourth-order valence-electron chi connectivity index (χ4n) is 2.73. The Kier molecular flexibility index (Phi) is 10.9. The molecule has 0 fully saturated rings. The van der Waals surface area contributed by atoms with Crippen LogP contribution in [-0.4, -0.2) is 15.2 Å². The molecule has 0 spiro atoms. The monoisotopic (exact) mass is 305 g/mol. The Labute approximate surface area is 137 Å². The number of nitrogens with zero attached hydrogens (tertiary/aromatic N) is 3. The first-order valence-electron chi connectivity index (χ1n) is 9.41. The van der Waals surface area contributed by atoms with Crippen LogP contribution in [0.5, 0.6) is 0 Å². The first kappa shape index (κ1) is 19.1. The molecule has 0 saturated heterocycles. The molecule has 0 radical (unpaired) electrons. The van der Waals surface area contributed by atoms with Crippen molar-refractivity contribution < 1.29 is 0 Å². The molecule has 1 rings (SSSR count). The molecule has 0 atom stereocenters. The highest BCUT2D eigenvalue weighted by Gasteiger charge is 2.01. The van der Waals surface area contributed by atoms with Crippen LogP contribution in [0.4, 0.5) is 0 Å². The van der Waals surface area contributed by atoms with Gasteiger partial charge in [0, 0.05) is 6.42 Å². The molecule has 0 bridgehead atoms. The van der Waals surface area contributed by atoms with Crippen molar-refractivity contribution in [2.45, 2.75) is 104 Å². The first-order chi connectivity index (χ1) is 10.7. The van der Waals surface area contributed by atoms with Crippen molar-refractivity contribution in [3.63, 3.8) is 0 Å². The number of aryl methyl sites for hydroxylation is 3. The van der Waals surface area contributed by atoms with E-state index in [1.165, 1.54) is 77.0 Å². The maximum Gasteiger partial charge on any atom is 0.151 e. The smallest absolute Gasteiger partial charge is 0.151 e. The van der Waals surface area contributed by atoms with Gasteiger partial charge in [-0.25, -0.2) is 4.98 Å². The molecular formula is C19H35N3. The van der Waals surface area contributed by atoms with Crippen LogP contribution in [0.15, 0.2) is 0 Å². The van der Waals surface area contributed by atoms with Gasteiger partial charge in [-0.3, -0.25) is 0 Å². The van der Waals surface area contributed by atoms with Crippen LogP contribution in [-0.2, 0) is 6.42 Å². The first-order valence-corrected chi connectivity index (χ1v) is 9.41. The van der Waals surface area contributed by atoms with E-state index in [1.807, 2.05) is 13.8 Å². The van der Waals surface area contributed by atoms with E-state index in [0.29, 0.717) is 0 Å². The second kappa shape index (κ2) is 12.5. The minimum atomic E-state index is 0.912. The standard InChI is InChI=1S/C19H35N3/c1-4-5-6-7-8-9-10-11-12-13-14-15-16-19-20-17(2)18(3)21-22-19/h4-16H2,1-3H3. The van der Waals surface area contributed by atoms with Gasteiger partial charge in [0.2, 0.25) is 0 Å². The van der Waals surface area contributed by atoms with Crippen molar-refractivity contribution in [2.75, 3.05) is 0 Å². The van der Waals surface area contributed by atoms with Crippen LogP contribution < -0.4 is 0 Å². The Hall–Kier alpha value is -0.990. The van der Waals surface area contributed by atoms with Crippen molar-refractivity contribution >= 4 is 0 Å². The summed E-state index contributed by atoms with van der Waals surface area (Å²) < 4.78 is 0. The lowest BCUT2D eigenvalue weighted by Crippen LogP contribution is -2.02. The molecular weight excluding hydrogens is 270 g/mol. The van der Waals surface area contributed by atoms with Gasteiger partial charge in [-0.2, -0.15) is 5.10 Å². The number of unbranched alkanes of at least 4 members (excludes halogenated alkanes) is 11. The second-order valence-electron chi connectivity index (χ2n) is 6.54. The molecule has 0 aliphatic heterocycles. The van der Waals surface area contributed by atoms with E-state index in [4.69, 9.17) is 0 Å². The van der Waals surface area contributed by atoms with Crippen molar-refractivity contribution in [3.05, 3.63) is 17.2 Å². The van der Waals surface area contributed by atoms with Crippen molar-refractivity contribution in [1.82, 2.24) is 15.2 Å². The maximum atomic E-state index is 4.49. The predicted octanol–water partition coefficient (Wildman–Crippen LogP) is 5.73. The highest BCUT2D eigenvalue weighted by Crippen LogP contribution is 2.12. The molecule has 0 N–H and O–H groups in total. The van der Waals surface area contributed by atoms with Crippen molar-refractivity contribution in [3.8, 4) is 0 Å². The molecule has 0 unspecified atom stereocenters. The molecule has 3 nitrogen and oxygen atoms in total. The van der Waals surface area contributed by atoms with E-state index >= 15 is 0 Å². The summed E-state index contributed by atoms with van der Waals surface area (Å²) in [4.78, 5) is 4.49. The van der Waals surface area contributed by atoms with Crippen LogP contribution in [0.2, 0.25) is 0 Å². The molecule has 126 valence electrons. The van der Waals surface area contributed by atoms with Crippen LogP contribution in [0.25, 0.3) is 0 Å². The van der Waals surface area contributed by atoms with Gasteiger partial charge >= 0.3 is 0 Å². The van der Waals surface area contributed by atoms with E-state index in [1.54, 1.807) is 0 Å². The Bertz CT molecular complexity index is 390. The van der Waals surface area contributed by atoms with Crippen LogP contribution in [0, 0.1) is 13.8 Å². The van der Waals surface area contributed by atoms with Gasteiger partial charge < -0.3 is 0 Å². The molecule has 0 amide bonds. The number of hydrogen-bond acceptors (Lipinski definition) is 3.